The summed E-state index contributed by atoms with van der Waals surface area (Å²) in [6.45, 7) is 4.09. The molecule has 96 valence electrons. The first-order valence-electron chi connectivity index (χ1n) is 5.84. The number of nitriles is 1. The van der Waals surface area contributed by atoms with Gasteiger partial charge in [0, 0.05) is 10.2 Å². The Morgan fingerprint density at radius 2 is 1.79 bits per heavy atom. The zero-order chi connectivity index (χ0) is 14.0. The Balaban J connectivity index is 2.34. The lowest BCUT2D eigenvalue weighted by molar-refractivity contribution is 1.33. The molecule has 0 aliphatic heterocycles. The molecule has 0 unspecified atom stereocenters. The van der Waals surface area contributed by atoms with Gasteiger partial charge in [-0.15, -0.1) is 0 Å². The smallest absolute Gasteiger partial charge is 0.0992 e. The molecule has 0 bridgehead atoms. The second kappa shape index (κ2) is 5.33. The average molecular weight is 316 g/mol. The van der Waals surface area contributed by atoms with E-state index >= 15 is 0 Å². The van der Waals surface area contributed by atoms with Crippen molar-refractivity contribution in [3.63, 3.8) is 0 Å². The van der Waals surface area contributed by atoms with Crippen LogP contribution in [0.1, 0.15) is 16.7 Å². The van der Waals surface area contributed by atoms with E-state index in [-0.39, 0.29) is 0 Å². The SMILES string of the molecule is Cc1cc(Nc2ccc(C#N)cc2N)cc(C)c1Br. The molecular formula is C15H14BrN3. The van der Waals surface area contributed by atoms with Gasteiger partial charge in [0.15, 0.2) is 0 Å². The standard InChI is InChI=1S/C15H14BrN3/c1-9-5-12(6-10(2)15(9)16)19-14-4-3-11(8-17)7-13(14)18/h3-7,19H,18H2,1-2H3. The van der Waals surface area contributed by atoms with Crippen LogP contribution in [0.25, 0.3) is 0 Å². The van der Waals surface area contributed by atoms with Crippen LogP contribution in [-0.4, -0.2) is 0 Å². The monoisotopic (exact) mass is 315 g/mol. The van der Waals surface area contributed by atoms with E-state index in [9.17, 15) is 0 Å². The van der Waals surface area contributed by atoms with Gasteiger partial charge in [-0.2, -0.15) is 5.26 Å². The molecule has 3 nitrogen and oxygen atoms in total. The molecule has 4 heteroatoms. The minimum absolute atomic E-state index is 0.561. The highest BCUT2D eigenvalue weighted by Gasteiger charge is 2.05. The van der Waals surface area contributed by atoms with E-state index in [2.05, 4.69) is 39.4 Å². The van der Waals surface area contributed by atoms with E-state index < -0.39 is 0 Å². The summed E-state index contributed by atoms with van der Waals surface area (Å²) in [6.07, 6.45) is 0. The van der Waals surface area contributed by atoms with Crippen LogP contribution in [0, 0.1) is 25.2 Å². The molecule has 0 aliphatic rings. The molecular weight excluding hydrogens is 302 g/mol. The second-order valence-corrected chi connectivity index (χ2v) is 5.26. The van der Waals surface area contributed by atoms with Gasteiger partial charge in [-0.25, -0.2) is 0 Å². The lowest BCUT2D eigenvalue weighted by atomic mass is 10.1. The van der Waals surface area contributed by atoms with Crippen LogP contribution >= 0.6 is 15.9 Å². The summed E-state index contributed by atoms with van der Waals surface area (Å²) in [4.78, 5) is 0. The molecule has 0 spiro atoms. The predicted octanol–water partition coefficient (Wildman–Crippen LogP) is 4.26. The van der Waals surface area contributed by atoms with Crippen molar-refractivity contribution in [2.24, 2.45) is 0 Å². The van der Waals surface area contributed by atoms with Crippen LogP contribution in [0.5, 0.6) is 0 Å². The fourth-order valence-electron chi connectivity index (χ4n) is 1.92. The highest BCUT2D eigenvalue weighted by Crippen LogP contribution is 2.29. The Morgan fingerprint density at radius 1 is 1.16 bits per heavy atom. The van der Waals surface area contributed by atoms with Gasteiger partial charge in [0.05, 0.1) is 23.0 Å². The van der Waals surface area contributed by atoms with E-state index in [1.165, 1.54) is 0 Å². The third-order valence-corrected chi connectivity index (χ3v) is 4.15. The number of hydrogen-bond acceptors (Lipinski definition) is 3. The minimum atomic E-state index is 0.561. The topological polar surface area (TPSA) is 61.8 Å². The van der Waals surface area contributed by atoms with Crippen molar-refractivity contribution in [3.05, 3.63) is 51.5 Å². The number of hydrogen-bond donors (Lipinski definition) is 2. The molecule has 2 rings (SSSR count). The normalized spacial score (nSPS) is 10.0. The van der Waals surface area contributed by atoms with Gasteiger partial charge in [-0.05, 0) is 55.3 Å². The van der Waals surface area contributed by atoms with Gasteiger partial charge in [0.25, 0.3) is 0 Å². The van der Waals surface area contributed by atoms with Crippen LogP contribution in [0.4, 0.5) is 17.1 Å². The molecule has 2 aromatic carbocycles. The Hall–Kier alpha value is -1.99. The zero-order valence-corrected chi connectivity index (χ0v) is 12.4. The average Bonchev–Trinajstić information content (AvgIpc) is 2.38. The lowest BCUT2D eigenvalue weighted by Gasteiger charge is -2.12. The van der Waals surface area contributed by atoms with E-state index in [0.29, 0.717) is 11.3 Å². The minimum Gasteiger partial charge on any atom is -0.397 e. The first-order chi connectivity index (χ1) is 9.01. The summed E-state index contributed by atoms with van der Waals surface area (Å²) in [6, 6.07) is 11.4. The number of halogens is 1. The van der Waals surface area contributed by atoms with Gasteiger partial charge in [-0.3, -0.25) is 0 Å². The Morgan fingerprint density at radius 3 is 2.32 bits per heavy atom. The predicted molar refractivity (Wildman–Crippen MR) is 82.5 cm³/mol. The van der Waals surface area contributed by atoms with Crippen LogP contribution < -0.4 is 11.1 Å². The van der Waals surface area contributed by atoms with Gasteiger partial charge >= 0.3 is 0 Å². The van der Waals surface area contributed by atoms with Gasteiger partial charge in [0.1, 0.15) is 0 Å². The molecule has 0 fully saturated rings. The molecule has 2 aromatic rings. The molecule has 0 aromatic heterocycles. The summed E-state index contributed by atoms with van der Waals surface area (Å²) in [5.74, 6) is 0. The highest BCUT2D eigenvalue weighted by molar-refractivity contribution is 9.10. The van der Waals surface area contributed by atoms with Gasteiger partial charge < -0.3 is 11.1 Å². The van der Waals surface area contributed by atoms with Crippen molar-refractivity contribution >= 4 is 33.0 Å². The van der Waals surface area contributed by atoms with Crippen LogP contribution in [0.15, 0.2) is 34.8 Å². The summed E-state index contributed by atoms with van der Waals surface area (Å²) in [7, 11) is 0. The van der Waals surface area contributed by atoms with Crippen molar-refractivity contribution in [3.8, 4) is 6.07 Å². The number of rotatable bonds is 2. The van der Waals surface area contributed by atoms with Crippen LogP contribution in [0.3, 0.4) is 0 Å². The number of nitrogens with two attached hydrogens (primary N) is 1. The largest absolute Gasteiger partial charge is 0.397 e. The van der Waals surface area contributed by atoms with Crippen LogP contribution in [-0.2, 0) is 0 Å². The van der Waals surface area contributed by atoms with Gasteiger partial charge in [0.2, 0.25) is 0 Å². The number of nitrogen functional groups attached to an aromatic ring is 1. The summed E-state index contributed by atoms with van der Waals surface area (Å²) >= 11 is 3.54. The molecule has 19 heavy (non-hydrogen) atoms. The molecule has 0 amide bonds. The summed E-state index contributed by atoms with van der Waals surface area (Å²) < 4.78 is 1.12. The van der Waals surface area contributed by atoms with E-state index in [4.69, 9.17) is 11.0 Å². The molecule has 0 radical (unpaired) electrons. The van der Waals surface area contributed by atoms with Crippen LogP contribution in [0.2, 0.25) is 0 Å². The summed E-state index contributed by atoms with van der Waals surface area (Å²) in [5, 5.41) is 12.1. The fraction of sp³-hybridized carbons (Fsp3) is 0.133. The quantitative estimate of drug-likeness (QED) is 0.814. The van der Waals surface area contributed by atoms with E-state index in [0.717, 1.165) is 27.0 Å². The van der Waals surface area contributed by atoms with Crippen molar-refractivity contribution < 1.29 is 0 Å². The number of anilines is 3. The third-order valence-electron chi connectivity index (χ3n) is 2.90. The fourth-order valence-corrected chi connectivity index (χ4v) is 2.15. The molecule has 0 saturated heterocycles. The van der Waals surface area contributed by atoms with Crippen molar-refractivity contribution in [2.75, 3.05) is 11.1 Å². The lowest BCUT2D eigenvalue weighted by Crippen LogP contribution is -1.98. The first-order valence-corrected chi connectivity index (χ1v) is 6.64. The van der Waals surface area contributed by atoms with Gasteiger partial charge in [-0.1, -0.05) is 15.9 Å². The zero-order valence-electron chi connectivity index (χ0n) is 10.8. The Bertz CT molecular complexity index is 649. The number of aryl methyl sites for hydroxylation is 2. The molecule has 0 heterocycles. The summed E-state index contributed by atoms with van der Waals surface area (Å²) in [5.41, 5.74) is 11.2. The maximum Gasteiger partial charge on any atom is 0.0992 e. The van der Waals surface area contributed by atoms with Crippen molar-refractivity contribution in [2.45, 2.75) is 13.8 Å². The van der Waals surface area contributed by atoms with E-state index in [1.54, 1.807) is 12.1 Å². The molecule has 0 saturated carbocycles. The third kappa shape index (κ3) is 2.88. The molecule has 0 atom stereocenters. The van der Waals surface area contributed by atoms with E-state index in [1.807, 2.05) is 19.9 Å². The van der Waals surface area contributed by atoms with Crippen molar-refractivity contribution in [1.29, 1.82) is 5.26 Å². The van der Waals surface area contributed by atoms with Crippen molar-refractivity contribution in [1.82, 2.24) is 0 Å². The Labute approximate surface area is 121 Å². The number of nitrogens with one attached hydrogen (secondary N) is 1. The number of benzene rings is 2. The molecule has 3 N–H and O–H groups in total. The number of nitrogens with zero attached hydrogens (tertiary/aromatic N) is 1. The molecule has 0 aliphatic carbocycles. The maximum absolute atomic E-state index is 8.81. The Kier molecular flexibility index (Phi) is 3.77. The first kappa shape index (κ1) is 13.4. The maximum atomic E-state index is 8.81. The second-order valence-electron chi connectivity index (χ2n) is 4.46. The highest BCUT2D eigenvalue weighted by atomic mass is 79.9.